The van der Waals surface area contributed by atoms with Gasteiger partial charge in [0.25, 0.3) is 0 Å². The Morgan fingerprint density at radius 1 is 0.288 bits per heavy atom. The van der Waals surface area contributed by atoms with Crippen LogP contribution in [0.4, 0.5) is 0 Å². The first-order valence-electron chi connectivity index (χ1n) is 30.0. The standard InChI is InChI=1S/C67H110O6/c1-4-7-10-13-16-19-22-25-27-29-31-33-35-37-39-42-45-48-51-54-57-60-66(69)72-63-64(62-71-65(68)59-56-53-50-47-44-41-24-21-18-15-12-9-6-3)73-67(70)61-58-55-52-49-46-43-40-38-36-34-32-30-28-26-23-20-17-14-11-8-5-2/h7,9-10,12,16,18-19,21,23,25-27,30-33,36,38,41,44,64H,4-6,8,11,13-15,17,20,22,24,28-29,34-35,37,39-40,42-43,45-63H2,1-3H3/b10-7-,12-9-,19-16-,21-18-,26-23-,27-25-,32-30-,33-31-,38-36-,44-41-. The highest BCUT2D eigenvalue weighted by atomic mass is 16.6. The lowest BCUT2D eigenvalue weighted by atomic mass is 10.1. The lowest BCUT2D eigenvalue weighted by molar-refractivity contribution is -0.167. The lowest BCUT2D eigenvalue weighted by Crippen LogP contribution is -2.30. The molecule has 0 aromatic carbocycles. The van der Waals surface area contributed by atoms with Crippen molar-refractivity contribution in [1.82, 2.24) is 0 Å². The molecule has 0 amide bonds. The summed E-state index contributed by atoms with van der Waals surface area (Å²) in [5, 5.41) is 0. The van der Waals surface area contributed by atoms with E-state index < -0.39 is 6.10 Å². The Labute approximate surface area is 450 Å². The molecule has 1 atom stereocenters. The number of ether oxygens (including phenoxy) is 3. The molecule has 414 valence electrons. The zero-order valence-electron chi connectivity index (χ0n) is 47.4. The first-order valence-corrected chi connectivity index (χ1v) is 30.0. The van der Waals surface area contributed by atoms with Gasteiger partial charge < -0.3 is 14.2 Å². The van der Waals surface area contributed by atoms with Gasteiger partial charge in [0.15, 0.2) is 6.10 Å². The molecule has 0 spiro atoms. The zero-order chi connectivity index (χ0) is 52.9. The van der Waals surface area contributed by atoms with E-state index >= 15 is 0 Å². The van der Waals surface area contributed by atoms with E-state index in [1.165, 1.54) is 83.5 Å². The van der Waals surface area contributed by atoms with Crippen molar-refractivity contribution < 1.29 is 28.6 Å². The molecule has 0 rings (SSSR count). The summed E-state index contributed by atoms with van der Waals surface area (Å²) in [7, 11) is 0. The molecule has 0 fully saturated rings. The molecule has 0 aliphatic carbocycles. The molecule has 0 aromatic rings. The molecule has 73 heavy (non-hydrogen) atoms. The van der Waals surface area contributed by atoms with E-state index in [2.05, 4.69) is 142 Å². The Morgan fingerprint density at radius 3 is 0.849 bits per heavy atom. The number of carbonyl (C=O) groups excluding carboxylic acids is 3. The van der Waals surface area contributed by atoms with E-state index in [4.69, 9.17) is 14.2 Å². The second-order valence-corrected chi connectivity index (χ2v) is 19.5. The van der Waals surface area contributed by atoms with Crippen LogP contribution in [0.3, 0.4) is 0 Å². The van der Waals surface area contributed by atoms with E-state index in [1.54, 1.807) is 0 Å². The van der Waals surface area contributed by atoms with Gasteiger partial charge in [-0.05, 0) is 128 Å². The Hall–Kier alpha value is -4.19. The first-order chi connectivity index (χ1) is 36.0. The van der Waals surface area contributed by atoms with Crippen molar-refractivity contribution in [2.75, 3.05) is 13.2 Å². The zero-order valence-corrected chi connectivity index (χ0v) is 47.4. The molecular formula is C67H110O6. The van der Waals surface area contributed by atoms with Crippen LogP contribution in [0.25, 0.3) is 0 Å². The summed E-state index contributed by atoms with van der Waals surface area (Å²) in [5.74, 6) is -0.950. The average Bonchev–Trinajstić information content (AvgIpc) is 3.39. The summed E-state index contributed by atoms with van der Waals surface area (Å²) in [6.07, 6.45) is 83.3. The molecule has 0 aliphatic rings. The van der Waals surface area contributed by atoms with Gasteiger partial charge in [-0.2, -0.15) is 0 Å². The number of allylic oxidation sites excluding steroid dienone is 20. The van der Waals surface area contributed by atoms with Crippen LogP contribution < -0.4 is 0 Å². The van der Waals surface area contributed by atoms with Gasteiger partial charge in [-0.15, -0.1) is 0 Å². The predicted octanol–water partition coefficient (Wildman–Crippen LogP) is 20.4. The van der Waals surface area contributed by atoms with Gasteiger partial charge in [0.1, 0.15) is 13.2 Å². The molecule has 0 aromatic heterocycles. The number of carbonyl (C=O) groups is 3. The van der Waals surface area contributed by atoms with Crippen LogP contribution in [0.5, 0.6) is 0 Å². The fraction of sp³-hybridized carbons (Fsp3) is 0.657. The number of esters is 3. The monoisotopic (exact) mass is 1010 g/mol. The van der Waals surface area contributed by atoms with E-state index in [0.29, 0.717) is 19.3 Å². The third-order valence-corrected chi connectivity index (χ3v) is 12.4. The topological polar surface area (TPSA) is 78.9 Å². The Morgan fingerprint density at radius 2 is 0.534 bits per heavy atom. The molecule has 0 radical (unpaired) electrons. The molecule has 0 heterocycles. The fourth-order valence-corrected chi connectivity index (χ4v) is 7.98. The maximum Gasteiger partial charge on any atom is 0.306 e. The number of hydrogen-bond acceptors (Lipinski definition) is 6. The lowest BCUT2D eigenvalue weighted by Gasteiger charge is -2.18. The van der Waals surface area contributed by atoms with Crippen LogP contribution in [0, 0.1) is 0 Å². The third-order valence-electron chi connectivity index (χ3n) is 12.4. The van der Waals surface area contributed by atoms with Gasteiger partial charge in [-0.25, -0.2) is 0 Å². The maximum atomic E-state index is 12.9. The number of unbranched alkanes of at least 4 members (excludes halogenated alkanes) is 22. The van der Waals surface area contributed by atoms with Crippen molar-refractivity contribution in [3.05, 3.63) is 122 Å². The van der Waals surface area contributed by atoms with Crippen molar-refractivity contribution in [1.29, 1.82) is 0 Å². The quantitative estimate of drug-likeness (QED) is 0.0261. The molecule has 0 N–H and O–H groups in total. The number of hydrogen-bond donors (Lipinski definition) is 0. The summed E-state index contributed by atoms with van der Waals surface area (Å²) in [4.78, 5) is 38.2. The second-order valence-electron chi connectivity index (χ2n) is 19.5. The van der Waals surface area contributed by atoms with Gasteiger partial charge in [0.05, 0.1) is 0 Å². The molecule has 6 nitrogen and oxygen atoms in total. The molecule has 0 saturated heterocycles. The summed E-state index contributed by atoms with van der Waals surface area (Å²) < 4.78 is 16.9. The van der Waals surface area contributed by atoms with E-state index in [9.17, 15) is 14.4 Å². The Kier molecular flexibility index (Phi) is 56.9. The Balaban J connectivity index is 4.44. The largest absolute Gasteiger partial charge is 0.462 e. The minimum atomic E-state index is -0.805. The van der Waals surface area contributed by atoms with Crippen molar-refractivity contribution in [2.24, 2.45) is 0 Å². The van der Waals surface area contributed by atoms with Crippen molar-refractivity contribution in [2.45, 2.75) is 271 Å². The van der Waals surface area contributed by atoms with E-state index in [1.807, 2.05) is 0 Å². The molecule has 0 bridgehead atoms. The highest BCUT2D eigenvalue weighted by molar-refractivity contribution is 5.71. The molecule has 1 unspecified atom stereocenters. The molecule has 0 aliphatic heterocycles. The minimum absolute atomic E-state index is 0.100. The molecule has 0 saturated carbocycles. The van der Waals surface area contributed by atoms with Crippen molar-refractivity contribution in [3.63, 3.8) is 0 Å². The normalized spacial score (nSPS) is 13.0. The third kappa shape index (κ3) is 58.6. The summed E-state index contributed by atoms with van der Waals surface area (Å²) >= 11 is 0. The summed E-state index contributed by atoms with van der Waals surface area (Å²) in [6.45, 7) is 6.36. The second kappa shape index (κ2) is 60.4. The van der Waals surface area contributed by atoms with Crippen molar-refractivity contribution in [3.8, 4) is 0 Å². The van der Waals surface area contributed by atoms with Gasteiger partial charge >= 0.3 is 17.9 Å². The highest BCUT2D eigenvalue weighted by Crippen LogP contribution is 2.14. The predicted molar refractivity (Wildman–Crippen MR) is 316 cm³/mol. The van der Waals surface area contributed by atoms with Gasteiger partial charge in [-0.1, -0.05) is 239 Å². The van der Waals surface area contributed by atoms with Crippen LogP contribution >= 0.6 is 0 Å². The van der Waals surface area contributed by atoms with Crippen LogP contribution in [-0.2, 0) is 28.6 Å². The van der Waals surface area contributed by atoms with Gasteiger partial charge in [-0.3, -0.25) is 14.4 Å². The first kappa shape index (κ1) is 68.8. The summed E-state index contributed by atoms with van der Waals surface area (Å²) in [6, 6.07) is 0. The molecular weight excluding hydrogens is 901 g/mol. The van der Waals surface area contributed by atoms with Crippen LogP contribution in [0.2, 0.25) is 0 Å². The van der Waals surface area contributed by atoms with Crippen LogP contribution in [-0.4, -0.2) is 37.2 Å². The summed E-state index contributed by atoms with van der Waals surface area (Å²) in [5.41, 5.74) is 0. The smallest absolute Gasteiger partial charge is 0.306 e. The van der Waals surface area contributed by atoms with Crippen LogP contribution in [0.1, 0.15) is 265 Å². The van der Waals surface area contributed by atoms with Gasteiger partial charge in [0.2, 0.25) is 0 Å². The van der Waals surface area contributed by atoms with Crippen LogP contribution in [0.15, 0.2) is 122 Å². The number of rotatable bonds is 53. The maximum absolute atomic E-state index is 12.9. The van der Waals surface area contributed by atoms with E-state index in [0.717, 1.165) is 141 Å². The molecule has 6 heteroatoms. The van der Waals surface area contributed by atoms with E-state index in [-0.39, 0.29) is 31.1 Å². The minimum Gasteiger partial charge on any atom is -0.462 e. The average molecular weight is 1010 g/mol. The Bertz CT molecular complexity index is 1540. The highest BCUT2D eigenvalue weighted by Gasteiger charge is 2.19. The van der Waals surface area contributed by atoms with Gasteiger partial charge in [0, 0.05) is 19.3 Å². The SMILES string of the molecule is CC/C=C\C/C=C\C/C=C\C/C=C\CCCCCCCCCCC(=O)OCC(COC(=O)CCCCC/C=C\C/C=C\C/C=C\CC)OC(=O)CCCCCCCC/C=C\C/C=C\C/C=C\CCCCCCC. The fourth-order valence-electron chi connectivity index (χ4n) is 7.98. The van der Waals surface area contributed by atoms with Crippen molar-refractivity contribution >= 4 is 17.9 Å².